The van der Waals surface area contributed by atoms with Crippen molar-refractivity contribution in [3.63, 3.8) is 0 Å². The normalized spacial score (nSPS) is 15.7. The molecular weight excluding hydrogens is 238 g/mol. The zero-order chi connectivity index (χ0) is 13.2. The molecule has 0 aliphatic heterocycles. The molecule has 0 heterocycles. The number of amides is 1. The highest BCUT2D eigenvalue weighted by Gasteiger charge is 2.21. The fourth-order valence-corrected chi connectivity index (χ4v) is 2.18. The molecule has 19 heavy (non-hydrogen) atoms. The number of hydrogen-bond acceptors (Lipinski definition) is 2. The number of hydrogen-bond donors (Lipinski definition) is 2. The van der Waals surface area contributed by atoms with E-state index in [4.69, 9.17) is 0 Å². The van der Waals surface area contributed by atoms with E-state index in [9.17, 15) is 9.90 Å². The highest BCUT2D eigenvalue weighted by atomic mass is 16.3. The molecule has 2 N–H and O–H groups in total. The Balaban J connectivity index is 1.63. The Morgan fingerprint density at radius 3 is 2.68 bits per heavy atom. The van der Waals surface area contributed by atoms with E-state index in [1.807, 2.05) is 30.4 Å². The number of phenolic OH excluding ortho intramolecular Hbond substituents is 1. The van der Waals surface area contributed by atoms with E-state index in [0.717, 1.165) is 16.7 Å². The number of allylic oxidation sites excluding steroid dienone is 6. The van der Waals surface area contributed by atoms with Crippen LogP contribution in [-0.4, -0.2) is 11.0 Å². The molecule has 94 valence electrons. The molecule has 0 saturated heterocycles. The van der Waals surface area contributed by atoms with Gasteiger partial charge in [0.25, 0.3) is 5.91 Å². The maximum atomic E-state index is 12.1. The molecule has 0 atom stereocenters. The molecule has 1 aromatic carbocycles. The first-order valence-corrected chi connectivity index (χ1v) is 6.11. The van der Waals surface area contributed by atoms with Crippen molar-refractivity contribution in [3.05, 3.63) is 76.9 Å². The summed E-state index contributed by atoms with van der Waals surface area (Å²) in [6.07, 6.45) is 9.68. The third kappa shape index (κ3) is 2.22. The van der Waals surface area contributed by atoms with Crippen molar-refractivity contribution in [1.82, 2.24) is 5.32 Å². The van der Waals surface area contributed by atoms with Gasteiger partial charge in [0, 0.05) is 12.1 Å². The summed E-state index contributed by atoms with van der Waals surface area (Å²) in [7, 11) is 0. The zero-order valence-electron chi connectivity index (χ0n) is 10.3. The van der Waals surface area contributed by atoms with Crippen LogP contribution in [0, 0.1) is 0 Å². The predicted molar refractivity (Wildman–Crippen MR) is 73.3 cm³/mol. The standard InChI is InChI=1S/C16H13NO2/c18-13-7-4-11(5-8-13)10-17-16(19)15-9-6-12-2-1-3-14(12)15/h1-9,18H,10H2,(H,17,19). The van der Waals surface area contributed by atoms with Gasteiger partial charge < -0.3 is 10.4 Å². The molecule has 0 bridgehead atoms. The van der Waals surface area contributed by atoms with E-state index >= 15 is 0 Å². The number of aromatic hydroxyl groups is 1. The minimum absolute atomic E-state index is 0.0747. The Morgan fingerprint density at radius 1 is 1.11 bits per heavy atom. The van der Waals surface area contributed by atoms with Crippen LogP contribution in [0.1, 0.15) is 5.56 Å². The van der Waals surface area contributed by atoms with Gasteiger partial charge in [-0.25, -0.2) is 0 Å². The first-order chi connectivity index (χ1) is 9.24. The molecule has 3 rings (SSSR count). The van der Waals surface area contributed by atoms with Crippen molar-refractivity contribution in [2.45, 2.75) is 6.54 Å². The number of fused-ring (bicyclic) bond motifs is 1. The van der Waals surface area contributed by atoms with Gasteiger partial charge in [0.15, 0.2) is 0 Å². The van der Waals surface area contributed by atoms with Gasteiger partial charge in [0.05, 0.1) is 0 Å². The van der Waals surface area contributed by atoms with Crippen LogP contribution in [0.15, 0.2) is 71.4 Å². The van der Waals surface area contributed by atoms with Gasteiger partial charge in [-0.1, -0.05) is 36.4 Å². The summed E-state index contributed by atoms with van der Waals surface area (Å²) >= 11 is 0. The lowest BCUT2D eigenvalue weighted by atomic mass is 10.1. The van der Waals surface area contributed by atoms with E-state index in [1.165, 1.54) is 0 Å². The van der Waals surface area contributed by atoms with Crippen molar-refractivity contribution in [2.75, 3.05) is 0 Å². The highest BCUT2D eigenvalue weighted by molar-refractivity contribution is 6.01. The van der Waals surface area contributed by atoms with Crippen LogP contribution in [0.25, 0.3) is 0 Å². The largest absolute Gasteiger partial charge is 0.508 e. The summed E-state index contributed by atoms with van der Waals surface area (Å²) in [5, 5.41) is 12.1. The maximum Gasteiger partial charge on any atom is 0.252 e. The van der Waals surface area contributed by atoms with E-state index in [0.29, 0.717) is 12.1 Å². The van der Waals surface area contributed by atoms with E-state index in [-0.39, 0.29) is 11.7 Å². The van der Waals surface area contributed by atoms with Gasteiger partial charge in [0.1, 0.15) is 5.75 Å². The molecule has 3 nitrogen and oxygen atoms in total. The minimum atomic E-state index is -0.0747. The zero-order valence-corrected chi connectivity index (χ0v) is 10.3. The topological polar surface area (TPSA) is 49.3 Å². The predicted octanol–water partition coefficient (Wildman–Crippen LogP) is 2.37. The fourth-order valence-electron chi connectivity index (χ4n) is 2.18. The molecule has 1 aromatic rings. The van der Waals surface area contributed by atoms with E-state index < -0.39 is 0 Å². The molecule has 0 aromatic heterocycles. The lowest BCUT2D eigenvalue weighted by Gasteiger charge is -2.08. The molecule has 1 amide bonds. The average molecular weight is 251 g/mol. The van der Waals surface area contributed by atoms with Crippen molar-refractivity contribution in [2.24, 2.45) is 0 Å². The quantitative estimate of drug-likeness (QED) is 0.866. The molecular formula is C16H13NO2. The third-order valence-electron chi connectivity index (χ3n) is 3.20. The Bertz CT molecular complexity index is 646. The highest BCUT2D eigenvalue weighted by Crippen LogP contribution is 2.30. The SMILES string of the molecule is O=C(NCc1ccc(O)cc1)C1=CC=C2C=CC=C21. The third-order valence-corrected chi connectivity index (χ3v) is 3.20. The van der Waals surface area contributed by atoms with Gasteiger partial charge in [-0.15, -0.1) is 0 Å². The van der Waals surface area contributed by atoms with Gasteiger partial charge in [-0.2, -0.15) is 0 Å². The van der Waals surface area contributed by atoms with Crippen LogP contribution in [0.5, 0.6) is 5.75 Å². The Morgan fingerprint density at radius 2 is 1.89 bits per heavy atom. The lowest BCUT2D eigenvalue weighted by molar-refractivity contribution is -0.117. The summed E-state index contributed by atoms with van der Waals surface area (Å²) < 4.78 is 0. The summed E-state index contributed by atoms with van der Waals surface area (Å²) in [5.74, 6) is 0.152. The van der Waals surface area contributed by atoms with Crippen molar-refractivity contribution >= 4 is 5.91 Å². The Kier molecular flexibility index (Phi) is 2.80. The molecule has 0 radical (unpaired) electrons. The summed E-state index contributed by atoms with van der Waals surface area (Å²) in [4.78, 5) is 12.1. The Labute approximate surface area is 111 Å². The van der Waals surface area contributed by atoms with Crippen LogP contribution in [-0.2, 0) is 11.3 Å². The van der Waals surface area contributed by atoms with E-state index in [2.05, 4.69) is 5.32 Å². The average Bonchev–Trinajstić information content (AvgIpc) is 3.00. The molecule has 2 aliphatic rings. The second-order valence-corrected chi connectivity index (χ2v) is 4.49. The molecule has 0 fully saturated rings. The van der Waals surface area contributed by atoms with Crippen LogP contribution in [0.3, 0.4) is 0 Å². The van der Waals surface area contributed by atoms with Crippen LogP contribution < -0.4 is 5.32 Å². The molecule has 2 aliphatic carbocycles. The molecule has 0 saturated carbocycles. The molecule has 0 unspecified atom stereocenters. The van der Waals surface area contributed by atoms with Crippen molar-refractivity contribution in [1.29, 1.82) is 0 Å². The second kappa shape index (κ2) is 4.61. The first-order valence-electron chi connectivity index (χ1n) is 6.11. The second-order valence-electron chi connectivity index (χ2n) is 4.49. The van der Waals surface area contributed by atoms with Crippen molar-refractivity contribution < 1.29 is 9.90 Å². The van der Waals surface area contributed by atoms with Crippen LogP contribution in [0.4, 0.5) is 0 Å². The smallest absolute Gasteiger partial charge is 0.252 e. The minimum Gasteiger partial charge on any atom is -0.508 e. The first kappa shape index (κ1) is 11.5. The summed E-state index contributed by atoms with van der Waals surface area (Å²) in [6.45, 7) is 0.451. The number of nitrogens with one attached hydrogen (secondary N) is 1. The van der Waals surface area contributed by atoms with Gasteiger partial charge in [-0.3, -0.25) is 4.79 Å². The molecule has 0 spiro atoms. The lowest BCUT2D eigenvalue weighted by Crippen LogP contribution is -2.24. The van der Waals surface area contributed by atoms with Crippen molar-refractivity contribution in [3.8, 4) is 5.75 Å². The van der Waals surface area contributed by atoms with Crippen LogP contribution in [0.2, 0.25) is 0 Å². The van der Waals surface area contributed by atoms with Gasteiger partial charge in [0.2, 0.25) is 0 Å². The fraction of sp³-hybridized carbons (Fsp3) is 0.0625. The Hall–Kier alpha value is -2.55. The number of benzene rings is 1. The maximum absolute atomic E-state index is 12.1. The van der Waals surface area contributed by atoms with Crippen LogP contribution >= 0.6 is 0 Å². The number of rotatable bonds is 3. The van der Waals surface area contributed by atoms with Gasteiger partial charge in [-0.05, 0) is 34.9 Å². The summed E-state index contributed by atoms with van der Waals surface area (Å²) in [5.41, 5.74) is 3.74. The number of phenols is 1. The number of carbonyl (C=O) groups is 1. The number of carbonyl (C=O) groups excluding carboxylic acids is 1. The van der Waals surface area contributed by atoms with Gasteiger partial charge >= 0.3 is 0 Å². The molecule has 3 heteroatoms. The monoisotopic (exact) mass is 251 g/mol. The van der Waals surface area contributed by atoms with E-state index in [1.54, 1.807) is 24.3 Å². The summed E-state index contributed by atoms with van der Waals surface area (Å²) in [6, 6.07) is 6.80.